The van der Waals surface area contributed by atoms with Gasteiger partial charge in [0, 0.05) is 51.4 Å². The molecule has 0 atom stereocenters. The van der Waals surface area contributed by atoms with Gasteiger partial charge in [0.1, 0.15) is 5.82 Å². The normalized spacial score (nSPS) is 15.4. The number of amides is 1. The summed E-state index contributed by atoms with van der Waals surface area (Å²) in [6.07, 6.45) is 0.387. The summed E-state index contributed by atoms with van der Waals surface area (Å²) in [5.41, 5.74) is 7.08. The topological polar surface area (TPSA) is 65.2 Å². The van der Waals surface area contributed by atoms with E-state index in [1.807, 2.05) is 18.7 Å². The third-order valence-electron chi connectivity index (χ3n) is 4.51. The van der Waals surface area contributed by atoms with Gasteiger partial charge in [0.2, 0.25) is 5.91 Å². The lowest BCUT2D eigenvalue weighted by Crippen LogP contribution is -2.51. The molecule has 25 heavy (non-hydrogen) atoms. The molecule has 1 saturated heterocycles. The Balaban J connectivity index is 1.79. The summed E-state index contributed by atoms with van der Waals surface area (Å²) >= 11 is 0. The zero-order valence-corrected chi connectivity index (χ0v) is 15.1. The molecule has 2 rings (SSSR count). The Labute approximate surface area is 149 Å². The van der Waals surface area contributed by atoms with Gasteiger partial charge < -0.3 is 20.4 Å². The highest BCUT2D eigenvalue weighted by Crippen LogP contribution is 2.16. The summed E-state index contributed by atoms with van der Waals surface area (Å²) in [7, 11) is 0. The number of nitrogens with zero attached hydrogens (tertiary/aromatic N) is 4. The average Bonchev–Trinajstić information content (AvgIpc) is 2.63. The van der Waals surface area contributed by atoms with Crippen LogP contribution in [-0.2, 0) is 4.79 Å². The van der Waals surface area contributed by atoms with E-state index < -0.39 is 0 Å². The number of halogens is 1. The maximum atomic E-state index is 13.0. The molecule has 0 aromatic heterocycles. The maximum Gasteiger partial charge on any atom is 0.224 e. The largest absolute Gasteiger partial charge is 0.370 e. The van der Waals surface area contributed by atoms with Gasteiger partial charge in [-0.05, 0) is 38.1 Å². The van der Waals surface area contributed by atoms with Crippen molar-refractivity contribution in [3.05, 3.63) is 30.1 Å². The standard InChI is InChI=1S/C18H28FN5O/c1-3-22(4-2)17(25)9-10-21-18(20)24-13-11-23(12-14-24)16-7-5-15(19)6-8-16/h5-8H,3-4,9-14H2,1-2H3,(H2,20,21). The van der Waals surface area contributed by atoms with Crippen molar-refractivity contribution in [1.82, 2.24) is 9.80 Å². The third kappa shape index (κ3) is 5.34. The average molecular weight is 349 g/mol. The van der Waals surface area contributed by atoms with Gasteiger partial charge >= 0.3 is 0 Å². The number of hydrogen-bond acceptors (Lipinski definition) is 3. The molecule has 1 aliphatic heterocycles. The van der Waals surface area contributed by atoms with E-state index in [2.05, 4.69) is 9.89 Å². The van der Waals surface area contributed by atoms with E-state index in [1.165, 1.54) is 12.1 Å². The zero-order chi connectivity index (χ0) is 18.2. The van der Waals surface area contributed by atoms with Crippen molar-refractivity contribution >= 4 is 17.6 Å². The lowest BCUT2D eigenvalue weighted by molar-refractivity contribution is -0.130. The Hall–Kier alpha value is -2.31. The number of carbonyl (C=O) groups excluding carboxylic acids is 1. The van der Waals surface area contributed by atoms with Gasteiger partial charge in [0.25, 0.3) is 0 Å². The van der Waals surface area contributed by atoms with Crippen LogP contribution < -0.4 is 10.6 Å². The first-order valence-electron chi connectivity index (χ1n) is 8.88. The number of benzene rings is 1. The molecule has 1 aliphatic rings. The van der Waals surface area contributed by atoms with Gasteiger partial charge in [0.15, 0.2) is 5.96 Å². The quantitative estimate of drug-likeness (QED) is 0.625. The fourth-order valence-electron chi connectivity index (χ4n) is 2.95. The molecule has 0 bridgehead atoms. The first-order chi connectivity index (χ1) is 12.0. The van der Waals surface area contributed by atoms with Crippen molar-refractivity contribution in [1.29, 1.82) is 0 Å². The summed E-state index contributed by atoms with van der Waals surface area (Å²) in [4.78, 5) is 22.3. The van der Waals surface area contributed by atoms with Crippen LogP contribution in [0.25, 0.3) is 0 Å². The van der Waals surface area contributed by atoms with Crippen LogP contribution >= 0.6 is 0 Å². The van der Waals surface area contributed by atoms with Gasteiger partial charge in [-0.25, -0.2) is 4.39 Å². The van der Waals surface area contributed by atoms with Crippen LogP contribution in [0.5, 0.6) is 0 Å². The molecule has 0 saturated carbocycles. The van der Waals surface area contributed by atoms with E-state index in [0.29, 0.717) is 18.9 Å². The molecule has 0 spiro atoms. The second-order valence-corrected chi connectivity index (χ2v) is 6.01. The van der Waals surface area contributed by atoms with Crippen molar-refractivity contribution in [3.63, 3.8) is 0 Å². The molecule has 1 heterocycles. The Bertz CT molecular complexity index is 578. The molecular weight excluding hydrogens is 321 g/mol. The molecule has 7 heteroatoms. The number of rotatable bonds is 6. The highest BCUT2D eigenvalue weighted by atomic mass is 19.1. The summed E-state index contributed by atoms with van der Waals surface area (Å²) in [6.45, 7) is 8.94. The third-order valence-corrected chi connectivity index (χ3v) is 4.51. The highest BCUT2D eigenvalue weighted by Gasteiger charge is 2.18. The van der Waals surface area contributed by atoms with Crippen molar-refractivity contribution in [2.75, 3.05) is 50.7 Å². The Morgan fingerprint density at radius 2 is 1.76 bits per heavy atom. The molecule has 1 fully saturated rings. The summed E-state index contributed by atoms with van der Waals surface area (Å²) in [5.74, 6) is 0.381. The van der Waals surface area contributed by atoms with Crippen LogP contribution in [0.15, 0.2) is 29.3 Å². The molecule has 6 nitrogen and oxygen atoms in total. The van der Waals surface area contributed by atoms with Crippen LogP contribution in [0.4, 0.5) is 10.1 Å². The molecule has 0 unspecified atom stereocenters. The van der Waals surface area contributed by atoms with Crippen molar-refractivity contribution in [2.45, 2.75) is 20.3 Å². The van der Waals surface area contributed by atoms with Crippen LogP contribution in [0, 0.1) is 5.82 Å². The molecule has 0 radical (unpaired) electrons. The van der Waals surface area contributed by atoms with Gasteiger partial charge in [-0.1, -0.05) is 0 Å². The number of aliphatic imine (C=N–C) groups is 1. The van der Waals surface area contributed by atoms with Crippen LogP contribution in [0.1, 0.15) is 20.3 Å². The van der Waals surface area contributed by atoms with E-state index in [-0.39, 0.29) is 11.7 Å². The molecule has 2 N–H and O–H groups in total. The summed E-state index contributed by atoms with van der Waals surface area (Å²) in [6, 6.07) is 6.54. The SMILES string of the molecule is CCN(CC)C(=O)CCN=C(N)N1CCN(c2ccc(F)cc2)CC1. The van der Waals surface area contributed by atoms with Crippen LogP contribution in [-0.4, -0.2) is 67.5 Å². The summed E-state index contributed by atoms with van der Waals surface area (Å²) < 4.78 is 13.0. The lowest BCUT2D eigenvalue weighted by atomic mass is 10.2. The van der Waals surface area contributed by atoms with E-state index in [1.54, 1.807) is 17.0 Å². The second kappa shape index (κ2) is 9.25. The van der Waals surface area contributed by atoms with Gasteiger partial charge in [-0.15, -0.1) is 0 Å². The first-order valence-corrected chi connectivity index (χ1v) is 8.88. The molecule has 0 aliphatic carbocycles. The number of guanidine groups is 1. The fourth-order valence-corrected chi connectivity index (χ4v) is 2.95. The smallest absolute Gasteiger partial charge is 0.224 e. The van der Waals surface area contributed by atoms with Gasteiger partial charge in [-0.2, -0.15) is 0 Å². The number of nitrogens with two attached hydrogens (primary N) is 1. The van der Waals surface area contributed by atoms with Crippen molar-refractivity contribution < 1.29 is 9.18 Å². The fraction of sp³-hybridized carbons (Fsp3) is 0.556. The molecular formula is C18H28FN5O. The molecule has 1 amide bonds. The monoisotopic (exact) mass is 349 g/mol. The number of piperazine rings is 1. The minimum atomic E-state index is -0.224. The second-order valence-electron chi connectivity index (χ2n) is 6.01. The number of carbonyl (C=O) groups is 1. The Kier molecular flexibility index (Phi) is 7.03. The zero-order valence-electron chi connectivity index (χ0n) is 15.1. The van der Waals surface area contributed by atoms with Crippen molar-refractivity contribution in [2.24, 2.45) is 10.7 Å². The minimum Gasteiger partial charge on any atom is -0.370 e. The highest BCUT2D eigenvalue weighted by molar-refractivity contribution is 5.80. The van der Waals surface area contributed by atoms with Crippen molar-refractivity contribution in [3.8, 4) is 0 Å². The molecule has 1 aromatic carbocycles. The van der Waals surface area contributed by atoms with Gasteiger partial charge in [-0.3, -0.25) is 9.79 Å². The lowest BCUT2D eigenvalue weighted by Gasteiger charge is -2.36. The molecule has 1 aromatic rings. The molecule has 138 valence electrons. The van der Waals surface area contributed by atoms with E-state index in [0.717, 1.165) is 45.0 Å². The van der Waals surface area contributed by atoms with Crippen LogP contribution in [0.3, 0.4) is 0 Å². The number of anilines is 1. The Morgan fingerprint density at radius 1 is 1.16 bits per heavy atom. The summed E-state index contributed by atoms with van der Waals surface area (Å²) in [5, 5.41) is 0. The maximum absolute atomic E-state index is 13.0. The first kappa shape index (κ1) is 19.0. The van der Waals surface area contributed by atoms with Gasteiger partial charge in [0.05, 0.1) is 6.54 Å². The Morgan fingerprint density at radius 3 is 2.32 bits per heavy atom. The van der Waals surface area contributed by atoms with E-state index in [4.69, 9.17) is 5.73 Å². The number of hydrogen-bond donors (Lipinski definition) is 1. The predicted octanol–water partition coefficient (Wildman–Crippen LogP) is 1.52. The van der Waals surface area contributed by atoms with E-state index in [9.17, 15) is 9.18 Å². The van der Waals surface area contributed by atoms with Crippen LogP contribution in [0.2, 0.25) is 0 Å². The van der Waals surface area contributed by atoms with E-state index >= 15 is 0 Å². The minimum absolute atomic E-state index is 0.114. The predicted molar refractivity (Wildman–Crippen MR) is 99.2 cm³/mol.